The molecule has 3 heterocycles. The first-order chi connectivity index (χ1) is 13.6. The molecule has 0 radical (unpaired) electrons. The molecule has 0 unspecified atom stereocenters. The van der Waals surface area contributed by atoms with Gasteiger partial charge in [-0.15, -0.1) is 0 Å². The van der Waals surface area contributed by atoms with Crippen LogP contribution in [0.25, 0.3) is 10.9 Å². The maximum atomic E-state index is 12.6. The van der Waals surface area contributed by atoms with Crippen LogP contribution >= 0.6 is 0 Å². The van der Waals surface area contributed by atoms with E-state index >= 15 is 0 Å². The molecule has 0 bridgehead atoms. The lowest BCUT2D eigenvalue weighted by Crippen LogP contribution is -2.43. The SMILES string of the molecule is Cc1c(N(C)[C@H]2CCN(CC(=O)N3CCC[C@H]3C#N)C2)cnc2ccccc12. The summed E-state index contributed by atoms with van der Waals surface area (Å²) >= 11 is 0. The van der Waals surface area contributed by atoms with Crippen LogP contribution in [0.5, 0.6) is 0 Å². The second-order valence-corrected chi connectivity index (χ2v) is 7.95. The topological polar surface area (TPSA) is 63.5 Å². The summed E-state index contributed by atoms with van der Waals surface area (Å²) in [6.07, 6.45) is 4.73. The lowest BCUT2D eigenvalue weighted by Gasteiger charge is -2.29. The van der Waals surface area contributed by atoms with Gasteiger partial charge in [0.05, 0.1) is 30.0 Å². The second-order valence-electron chi connectivity index (χ2n) is 7.95. The molecule has 1 aromatic carbocycles. The third kappa shape index (κ3) is 3.43. The first-order valence-corrected chi connectivity index (χ1v) is 10.1. The molecule has 0 saturated carbocycles. The van der Waals surface area contributed by atoms with Gasteiger partial charge in [-0.05, 0) is 37.8 Å². The van der Waals surface area contributed by atoms with Crippen molar-refractivity contribution < 1.29 is 4.79 Å². The Labute approximate surface area is 166 Å². The lowest BCUT2D eigenvalue weighted by atomic mass is 10.1. The van der Waals surface area contributed by atoms with E-state index in [0.717, 1.165) is 50.1 Å². The Morgan fingerprint density at radius 2 is 2.14 bits per heavy atom. The summed E-state index contributed by atoms with van der Waals surface area (Å²) in [6.45, 7) is 5.06. The number of pyridine rings is 1. The Morgan fingerprint density at radius 1 is 1.32 bits per heavy atom. The summed E-state index contributed by atoms with van der Waals surface area (Å²) in [7, 11) is 2.13. The minimum Gasteiger partial charge on any atom is -0.369 e. The molecule has 1 amide bonds. The van der Waals surface area contributed by atoms with E-state index in [-0.39, 0.29) is 11.9 Å². The van der Waals surface area contributed by atoms with Crippen LogP contribution in [0, 0.1) is 18.3 Å². The molecule has 0 spiro atoms. The van der Waals surface area contributed by atoms with Gasteiger partial charge in [-0.2, -0.15) is 5.26 Å². The number of aromatic nitrogens is 1. The number of fused-ring (bicyclic) bond motifs is 1. The number of para-hydroxylation sites is 1. The molecule has 2 fully saturated rings. The van der Waals surface area contributed by atoms with E-state index in [1.54, 1.807) is 4.90 Å². The minimum absolute atomic E-state index is 0.0934. The van der Waals surface area contributed by atoms with Crippen molar-refractivity contribution in [1.29, 1.82) is 5.26 Å². The van der Waals surface area contributed by atoms with Crippen LogP contribution in [-0.2, 0) is 4.79 Å². The predicted molar refractivity (Wildman–Crippen MR) is 110 cm³/mol. The third-order valence-corrected chi connectivity index (χ3v) is 6.27. The summed E-state index contributed by atoms with van der Waals surface area (Å²) in [4.78, 5) is 23.5. The number of hydrogen-bond donors (Lipinski definition) is 0. The first-order valence-electron chi connectivity index (χ1n) is 10.1. The summed E-state index contributed by atoms with van der Waals surface area (Å²) in [5, 5.41) is 10.4. The fourth-order valence-electron chi connectivity index (χ4n) is 4.57. The van der Waals surface area contributed by atoms with Crippen LogP contribution in [0.2, 0.25) is 0 Å². The van der Waals surface area contributed by atoms with Crippen molar-refractivity contribution in [3.63, 3.8) is 0 Å². The number of carbonyl (C=O) groups excluding carboxylic acids is 1. The normalized spacial score (nSPS) is 22.5. The highest BCUT2D eigenvalue weighted by atomic mass is 16.2. The van der Waals surface area contributed by atoms with E-state index in [2.05, 4.69) is 47.0 Å². The summed E-state index contributed by atoms with van der Waals surface area (Å²) in [5.41, 5.74) is 3.42. The predicted octanol–water partition coefficient (Wildman–Crippen LogP) is 2.57. The van der Waals surface area contributed by atoms with E-state index in [4.69, 9.17) is 0 Å². The molecule has 1 aromatic heterocycles. The number of anilines is 1. The van der Waals surface area contributed by atoms with Crippen LogP contribution < -0.4 is 4.90 Å². The van der Waals surface area contributed by atoms with Gasteiger partial charge in [0, 0.05) is 38.1 Å². The molecular formula is C22H27N5O. The van der Waals surface area contributed by atoms with Crippen LogP contribution in [0.1, 0.15) is 24.8 Å². The van der Waals surface area contributed by atoms with Crippen molar-refractivity contribution in [2.45, 2.75) is 38.3 Å². The van der Waals surface area contributed by atoms with Gasteiger partial charge in [-0.25, -0.2) is 0 Å². The number of benzene rings is 1. The molecule has 6 nitrogen and oxygen atoms in total. The van der Waals surface area contributed by atoms with Gasteiger partial charge in [0.25, 0.3) is 0 Å². The van der Waals surface area contributed by atoms with Crippen molar-refractivity contribution >= 4 is 22.5 Å². The van der Waals surface area contributed by atoms with Gasteiger partial charge in [0.2, 0.25) is 5.91 Å². The van der Waals surface area contributed by atoms with Gasteiger partial charge < -0.3 is 9.80 Å². The van der Waals surface area contributed by atoms with E-state index in [1.807, 2.05) is 18.3 Å². The molecule has 2 aromatic rings. The fourth-order valence-corrected chi connectivity index (χ4v) is 4.57. The Morgan fingerprint density at radius 3 is 2.96 bits per heavy atom. The van der Waals surface area contributed by atoms with Gasteiger partial charge in [-0.1, -0.05) is 18.2 Å². The zero-order valence-corrected chi connectivity index (χ0v) is 16.6. The van der Waals surface area contributed by atoms with Crippen LogP contribution in [0.4, 0.5) is 5.69 Å². The van der Waals surface area contributed by atoms with Gasteiger partial charge in [0.15, 0.2) is 0 Å². The Balaban J connectivity index is 1.42. The van der Waals surface area contributed by atoms with E-state index in [1.165, 1.54) is 10.9 Å². The number of nitrogens with zero attached hydrogens (tertiary/aromatic N) is 5. The van der Waals surface area contributed by atoms with Crippen molar-refractivity contribution in [3.8, 4) is 6.07 Å². The molecule has 6 heteroatoms. The van der Waals surface area contributed by atoms with E-state index in [0.29, 0.717) is 12.6 Å². The maximum absolute atomic E-state index is 12.6. The summed E-state index contributed by atoms with van der Waals surface area (Å²) in [6, 6.07) is 10.6. The Bertz CT molecular complexity index is 921. The highest BCUT2D eigenvalue weighted by molar-refractivity contribution is 5.86. The van der Waals surface area contributed by atoms with Crippen LogP contribution in [-0.4, -0.2) is 66.0 Å². The molecule has 2 aliphatic heterocycles. The first kappa shape index (κ1) is 18.7. The number of aryl methyl sites for hydroxylation is 1. The number of amides is 1. The maximum Gasteiger partial charge on any atom is 0.237 e. The van der Waals surface area contributed by atoms with Crippen molar-refractivity contribution in [3.05, 3.63) is 36.0 Å². The quantitative estimate of drug-likeness (QED) is 0.819. The van der Waals surface area contributed by atoms with Gasteiger partial charge in [0.1, 0.15) is 6.04 Å². The average Bonchev–Trinajstić information content (AvgIpc) is 3.37. The molecular weight excluding hydrogens is 350 g/mol. The van der Waals surface area contributed by atoms with Gasteiger partial charge >= 0.3 is 0 Å². The van der Waals surface area contributed by atoms with Crippen LogP contribution in [0.3, 0.4) is 0 Å². The minimum atomic E-state index is -0.236. The van der Waals surface area contributed by atoms with Crippen molar-refractivity contribution in [2.24, 2.45) is 0 Å². The standard InChI is InChI=1S/C22H27N5O/c1-16-19-7-3-4-8-20(19)24-13-21(16)25(2)18-9-11-26(14-18)15-22(28)27-10-5-6-17(27)12-23/h3-4,7-8,13,17-18H,5-6,9-11,14-15H2,1-2H3/t17-,18-/m0/s1. The second kappa shape index (κ2) is 7.76. The molecule has 2 aliphatic rings. The third-order valence-electron chi connectivity index (χ3n) is 6.27. The molecule has 4 rings (SSSR count). The van der Waals surface area contributed by atoms with Gasteiger partial charge in [-0.3, -0.25) is 14.7 Å². The Kier molecular flexibility index (Phi) is 5.19. The molecule has 146 valence electrons. The average molecular weight is 377 g/mol. The van der Waals surface area contributed by atoms with Crippen LogP contribution in [0.15, 0.2) is 30.5 Å². The molecule has 0 N–H and O–H groups in total. The molecule has 28 heavy (non-hydrogen) atoms. The highest BCUT2D eigenvalue weighted by Crippen LogP contribution is 2.29. The largest absolute Gasteiger partial charge is 0.369 e. The molecule has 2 atom stereocenters. The number of hydrogen-bond acceptors (Lipinski definition) is 5. The number of carbonyl (C=O) groups is 1. The number of likely N-dealkylation sites (N-methyl/N-ethyl adjacent to an activating group) is 1. The van der Waals surface area contributed by atoms with Crippen molar-refractivity contribution in [2.75, 3.05) is 38.1 Å². The molecule has 0 aliphatic carbocycles. The zero-order chi connectivity index (χ0) is 19.7. The number of likely N-dealkylation sites (tertiary alicyclic amines) is 2. The zero-order valence-electron chi connectivity index (χ0n) is 16.6. The van der Waals surface area contributed by atoms with Crippen molar-refractivity contribution in [1.82, 2.24) is 14.8 Å². The summed E-state index contributed by atoms with van der Waals surface area (Å²) in [5.74, 6) is 0.0934. The highest BCUT2D eigenvalue weighted by Gasteiger charge is 2.32. The number of rotatable bonds is 4. The van der Waals surface area contributed by atoms with E-state index < -0.39 is 0 Å². The molecule has 2 saturated heterocycles. The monoisotopic (exact) mass is 377 g/mol. The fraction of sp³-hybridized carbons (Fsp3) is 0.500. The Hall–Kier alpha value is -2.65. The lowest BCUT2D eigenvalue weighted by molar-refractivity contribution is -0.132. The smallest absolute Gasteiger partial charge is 0.237 e. The summed E-state index contributed by atoms with van der Waals surface area (Å²) < 4.78 is 0. The van der Waals surface area contributed by atoms with E-state index in [9.17, 15) is 10.1 Å². The number of nitriles is 1.